The normalized spacial score (nSPS) is 23.6. The molecule has 7 heteroatoms. The average molecular weight is 265 g/mol. The first-order chi connectivity index (χ1) is 9.08. The van der Waals surface area contributed by atoms with Gasteiger partial charge in [-0.05, 0) is 18.8 Å². The van der Waals surface area contributed by atoms with E-state index in [1.165, 1.54) is 12.8 Å². The van der Waals surface area contributed by atoms with Crippen molar-refractivity contribution in [2.75, 3.05) is 11.1 Å². The van der Waals surface area contributed by atoms with E-state index < -0.39 is 4.92 Å². The van der Waals surface area contributed by atoms with Gasteiger partial charge in [-0.15, -0.1) is 0 Å². The summed E-state index contributed by atoms with van der Waals surface area (Å²) in [5, 5.41) is 14.2. The molecule has 2 atom stereocenters. The van der Waals surface area contributed by atoms with Gasteiger partial charge in [-0.1, -0.05) is 26.2 Å². The minimum Gasteiger partial charge on any atom is -0.368 e. The van der Waals surface area contributed by atoms with Gasteiger partial charge in [0.25, 0.3) is 0 Å². The summed E-state index contributed by atoms with van der Waals surface area (Å²) in [6.07, 6.45) is 6.86. The Morgan fingerprint density at radius 2 is 2.16 bits per heavy atom. The number of nitrogen functional groups attached to an aromatic ring is 1. The Labute approximate surface area is 111 Å². The van der Waals surface area contributed by atoms with Crippen molar-refractivity contribution in [2.45, 2.75) is 45.1 Å². The van der Waals surface area contributed by atoms with E-state index in [4.69, 9.17) is 5.73 Å². The van der Waals surface area contributed by atoms with E-state index in [9.17, 15) is 10.1 Å². The van der Waals surface area contributed by atoms with Crippen molar-refractivity contribution < 1.29 is 4.92 Å². The number of hydrogen-bond acceptors (Lipinski definition) is 6. The monoisotopic (exact) mass is 265 g/mol. The molecule has 1 heterocycles. The molecule has 0 radical (unpaired) electrons. The fraction of sp³-hybridized carbons (Fsp3) is 0.667. The standard InChI is InChI=1S/C12H19N5O2/c1-8-5-3-2-4-6-9(8)15-11-10(17(18)19)7-14-12(13)16-11/h7-9H,2-6H2,1H3,(H3,13,14,15,16). The summed E-state index contributed by atoms with van der Waals surface area (Å²) in [7, 11) is 0. The molecule has 1 aliphatic carbocycles. The van der Waals surface area contributed by atoms with Gasteiger partial charge in [-0.3, -0.25) is 10.1 Å². The van der Waals surface area contributed by atoms with E-state index in [0.29, 0.717) is 5.92 Å². The number of hydrogen-bond donors (Lipinski definition) is 2. The third-order valence-corrected chi connectivity index (χ3v) is 3.67. The van der Waals surface area contributed by atoms with Crippen LogP contribution >= 0.6 is 0 Å². The van der Waals surface area contributed by atoms with E-state index in [1.807, 2.05) is 0 Å². The zero-order chi connectivity index (χ0) is 13.8. The second kappa shape index (κ2) is 5.81. The summed E-state index contributed by atoms with van der Waals surface area (Å²) < 4.78 is 0. The fourth-order valence-electron chi connectivity index (χ4n) is 2.51. The molecule has 3 N–H and O–H groups in total. The van der Waals surface area contributed by atoms with E-state index in [0.717, 1.165) is 25.5 Å². The molecule has 7 nitrogen and oxygen atoms in total. The minimum absolute atomic E-state index is 0.0503. The highest BCUT2D eigenvalue weighted by Crippen LogP contribution is 2.28. The number of nitrogens with zero attached hydrogens (tertiary/aromatic N) is 3. The molecule has 19 heavy (non-hydrogen) atoms. The second-order valence-electron chi connectivity index (χ2n) is 5.09. The van der Waals surface area contributed by atoms with Gasteiger partial charge in [-0.2, -0.15) is 4.98 Å². The summed E-state index contributed by atoms with van der Waals surface area (Å²) in [5.41, 5.74) is 5.39. The van der Waals surface area contributed by atoms with Crippen LogP contribution in [0.1, 0.15) is 39.0 Å². The zero-order valence-electron chi connectivity index (χ0n) is 11.0. The lowest BCUT2D eigenvalue weighted by atomic mass is 9.97. The highest BCUT2D eigenvalue weighted by Gasteiger charge is 2.24. The van der Waals surface area contributed by atoms with Crippen molar-refractivity contribution >= 4 is 17.5 Å². The van der Waals surface area contributed by atoms with Gasteiger partial charge in [0.1, 0.15) is 6.20 Å². The molecule has 104 valence electrons. The van der Waals surface area contributed by atoms with Crippen LogP contribution in [0.2, 0.25) is 0 Å². The smallest absolute Gasteiger partial charge is 0.329 e. The number of anilines is 2. The molecule has 0 saturated heterocycles. The van der Waals surface area contributed by atoms with E-state index in [1.54, 1.807) is 0 Å². The van der Waals surface area contributed by atoms with Crippen molar-refractivity contribution in [3.05, 3.63) is 16.3 Å². The highest BCUT2D eigenvalue weighted by atomic mass is 16.6. The molecule has 0 bridgehead atoms. The molecule has 1 fully saturated rings. The lowest BCUT2D eigenvalue weighted by Crippen LogP contribution is -2.27. The highest BCUT2D eigenvalue weighted by molar-refractivity contribution is 5.56. The summed E-state index contributed by atoms with van der Waals surface area (Å²) in [6, 6.07) is 0.204. The van der Waals surface area contributed by atoms with Crippen molar-refractivity contribution in [2.24, 2.45) is 5.92 Å². The molecule has 2 unspecified atom stereocenters. The Morgan fingerprint density at radius 1 is 1.42 bits per heavy atom. The Morgan fingerprint density at radius 3 is 2.89 bits per heavy atom. The molecule has 0 aliphatic heterocycles. The molecule has 1 saturated carbocycles. The second-order valence-corrected chi connectivity index (χ2v) is 5.09. The Bertz CT molecular complexity index is 465. The lowest BCUT2D eigenvalue weighted by Gasteiger charge is -2.23. The molecular formula is C12H19N5O2. The maximum absolute atomic E-state index is 11.0. The molecule has 2 rings (SSSR count). The topological polar surface area (TPSA) is 107 Å². The van der Waals surface area contributed by atoms with E-state index in [2.05, 4.69) is 22.2 Å². The molecule has 0 spiro atoms. The van der Waals surface area contributed by atoms with Crippen LogP contribution in [0.15, 0.2) is 6.20 Å². The molecule has 1 aromatic rings. The van der Waals surface area contributed by atoms with Gasteiger partial charge < -0.3 is 11.1 Å². The van der Waals surface area contributed by atoms with Crippen molar-refractivity contribution in [3.63, 3.8) is 0 Å². The van der Waals surface area contributed by atoms with Crippen LogP contribution < -0.4 is 11.1 Å². The first kappa shape index (κ1) is 13.5. The van der Waals surface area contributed by atoms with Crippen LogP contribution in [-0.4, -0.2) is 20.9 Å². The average Bonchev–Trinajstić information content (AvgIpc) is 2.55. The van der Waals surface area contributed by atoms with Crippen LogP contribution in [0.3, 0.4) is 0 Å². The summed E-state index contributed by atoms with van der Waals surface area (Å²) in [5.74, 6) is 0.754. The van der Waals surface area contributed by atoms with Gasteiger partial charge >= 0.3 is 5.69 Å². The Balaban J connectivity index is 2.21. The number of nitrogens with two attached hydrogens (primary N) is 1. The number of rotatable bonds is 3. The number of nitrogens with one attached hydrogen (secondary N) is 1. The van der Waals surface area contributed by atoms with Crippen LogP contribution in [-0.2, 0) is 0 Å². The number of aromatic nitrogens is 2. The molecule has 0 amide bonds. The Kier molecular flexibility index (Phi) is 4.13. The molecule has 1 aliphatic rings. The summed E-state index contributed by atoms with van der Waals surface area (Å²) in [4.78, 5) is 18.1. The maximum atomic E-state index is 11.0. The van der Waals surface area contributed by atoms with Crippen molar-refractivity contribution in [1.82, 2.24) is 9.97 Å². The van der Waals surface area contributed by atoms with E-state index >= 15 is 0 Å². The van der Waals surface area contributed by atoms with Crippen LogP contribution in [0.5, 0.6) is 0 Å². The van der Waals surface area contributed by atoms with Crippen LogP contribution in [0.25, 0.3) is 0 Å². The summed E-state index contributed by atoms with van der Waals surface area (Å²) in [6.45, 7) is 2.17. The quantitative estimate of drug-likeness (QED) is 0.493. The largest absolute Gasteiger partial charge is 0.368 e. The molecule has 0 aromatic carbocycles. The Hall–Kier alpha value is -1.92. The number of nitro groups is 1. The predicted molar refractivity (Wildman–Crippen MR) is 72.8 cm³/mol. The third-order valence-electron chi connectivity index (χ3n) is 3.67. The predicted octanol–water partition coefficient (Wildman–Crippen LogP) is 2.35. The maximum Gasteiger partial charge on any atom is 0.329 e. The summed E-state index contributed by atoms with van der Waals surface area (Å²) >= 11 is 0. The van der Waals surface area contributed by atoms with Crippen molar-refractivity contribution in [1.29, 1.82) is 0 Å². The molecular weight excluding hydrogens is 246 g/mol. The van der Waals surface area contributed by atoms with Crippen LogP contribution in [0.4, 0.5) is 17.5 Å². The van der Waals surface area contributed by atoms with Gasteiger partial charge in [0.05, 0.1) is 4.92 Å². The van der Waals surface area contributed by atoms with E-state index in [-0.39, 0.29) is 23.5 Å². The molecule has 1 aromatic heterocycles. The van der Waals surface area contributed by atoms with Gasteiger partial charge in [0.15, 0.2) is 0 Å². The minimum atomic E-state index is -0.483. The first-order valence-corrected chi connectivity index (χ1v) is 6.61. The zero-order valence-corrected chi connectivity index (χ0v) is 11.0. The first-order valence-electron chi connectivity index (χ1n) is 6.61. The SMILES string of the molecule is CC1CCCCCC1Nc1nc(N)ncc1[N+](=O)[O-]. The fourth-order valence-corrected chi connectivity index (χ4v) is 2.51. The van der Waals surface area contributed by atoms with Crippen molar-refractivity contribution in [3.8, 4) is 0 Å². The van der Waals surface area contributed by atoms with Crippen LogP contribution in [0, 0.1) is 16.0 Å². The van der Waals surface area contributed by atoms with Gasteiger partial charge in [0.2, 0.25) is 11.8 Å². The lowest BCUT2D eigenvalue weighted by molar-refractivity contribution is -0.384. The third kappa shape index (κ3) is 3.30. The van der Waals surface area contributed by atoms with Gasteiger partial charge in [0, 0.05) is 6.04 Å². The van der Waals surface area contributed by atoms with Gasteiger partial charge in [-0.25, -0.2) is 4.98 Å².